The molecule has 4 N–H and O–H groups in total. The van der Waals surface area contributed by atoms with Crippen LogP contribution in [0.1, 0.15) is 11.5 Å². The van der Waals surface area contributed by atoms with Crippen molar-refractivity contribution in [1.82, 2.24) is 0 Å². The number of nitrogens with zero attached hydrogens (tertiary/aromatic N) is 1. The molecule has 1 aromatic rings. The Bertz CT molecular complexity index is 484. The van der Waals surface area contributed by atoms with Crippen LogP contribution in [0, 0.1) is 10.1 Å². The van der Waals surface area contributed by atoms with Crippen LogP contribution in [0.25, 0.3) is 0 Å². The number of aliphatic carboxylic acids is 2. The molecule has 0 atom stereocenters. The molecular weight excluding hydrogens is 232 g/mol. The van der Waals surface area contributed by atoms with Gasteiger partial charge in [0.25, 0.3) is 5.69 Å². The average Bonchev–Trinajstić information content (AvgIpc) is 2.15. The van der Waals surface area contributed by atoms with Crippen molar-refractivity contribution in [3.8, 4) is 0 Å². The zero-order valence-electron chi connectivity index (χ0n) is 8.36. The smallest absolute Gasteiger partial charge is 0.322 e. The number of carbonyl (C=O) groups is 2. The molecule has 0 aromatic heterocycles. The number of nitrogen functional groups attached to an aromatic ring is 1. The van der Waals surface area contributed by atoms with Crippen LogP contribution in [0.4, 0.5) is 11.4 Å². The summed E-state index contributed by atoms with van der Waals surface area (Å²) in [6.45, 7) is 0. The number of carboxylic acid groups (broad SMARTS) is 2. The third kappa shape index (κ3) is 2.30. The second-order valence-electron chi connectivity index (χ2n) is 3.15. The Labute approximate surface area is 94.4 Å². The van der Waals surface area contributed by atoms with Gasteiger partial charge in [-0.15, -0.1) is 0 Å². The first-order valence-corrected chi connectivity index (χ1v) is 4.34. The van der Waals surface area contributed by atoms with Gasteiger partial charge in [0.2, 0.25) is 0 Å². The van der Waals surface area contributed by atoms with E-state index in [4.69, 9.17) is 15.9 Å². The SMILES string of the molecule is Nc1cccc(C(C(=O)O)C(=O)O)c1[N+](=O)[O-]. The van der Waals surface area contributed by atoms with Crippen LogP contribution in [0.15, 0.2) is 18.2 Å². The van der Waals surface area contributed by atoms with Gasteiger partial charge in [0.15, 0.2) is 5.92 Å². The molecule has 90 valence electrons. The summed E-state index contributed by atoms with van der Waals surface area (Å²) in [7, 11) is 0. The van der Waals surface area contributed by atoms with Crippen molar-refractivity contribution in [2.75, 3.05) is 5.73 Å². The summed E-state index contributed by atoms with van der Waals surface area (Å²) in [6, 6.07) is 3.51. The predicted octanol–water partition coefficient (Wildman–Crippen LogP) is 0.430. The maximum absolute atomic E-state index is 10.8. The molecular formula is C9H8N2O6. The number of nitrogens with two attached hydrogens (primary N) is 1. The Morgan fingerprint density at radius 2 is 1.82 bits per heavy atom. The van der Waals surface area contributed by atoms with Crippen molar-refractivity contribution in [3.05, 3.63) is 33.9 Å². The fourth-order valence-corrected chi connectivity index (χ4v) is 1.40. The van der Waals surface area contributed by atoms with Gasteiger partial charge in [0.05, 0.1) is 10.5 Å². The number of nitro groups is 1. The largest absolute Gasteiger partial charge is 0.480 e. The van der Waals surface area contributed by atoms with E-state index in [0.717, 1.165) is 6.07 Å². The third-order valence-corrected chi connectivity index (χ3v) is 2.09. The Morgan fingerprint density at radius 1 is 1.29 bits per heavy atom. The number of para-hydroxylation sites is 1. The molecule has 0 aliphatic rings. The lowest BCUT2D eigenvalue weighted by Crippen LogP contribution is -2.22. The molecule has 17 heavy (non-hydrogen) atoms. The van der Waals surface area contributed by atoms with Crippen molar-refractivity contribution in [2.24, 2.45) is 0 Å². The molecule has 0 saturated carbocycles. The first-order valence-electron chi connectivity index (χ1n) is 4.34. The number of benzene rings is 1. The highest BCUT2D eigenvalue weighted by atomic mass is 16.6. The number of carboxylic acids is 2. The van der Waals surface area contributed by atoms with E-state index in [1.54, 1.807) is 0 Å². The van der Waals surface area contributed by atoms with Crippen LogP contribution >= 0.6 is 0 Å². The minimum Gasteiger partial charge on any atom is -0.480 e. The molecule has 0 radical (unpaired) electrons. The average molecular weight is 240 g/mol. The minimum absolute atomic E-state index is 0.278. The van der Waals surface area contributed by atoms with E-state index in [0.29, 0.717) is 0 Å². The maximum Gasteiger partial charge on any atom is 0.322 e. The van der Waals surface area contributed by atoms with E-state index in [2.05, 4.69) is 0 Å². The van der Waals surface area contributed by atoms with Crippen molar-refractivity contribution < 1.29 is 24.7 Å². The van der Waals surface area contributed by atoms with Crippen LogP contribution in [-0.4, -0.2) is 27.1 Å². The molecule has 0 heterocycles. The molecule has 0 saturated heterocycles. The van der Waals surface area contributed by atoms with Crippen molar-refractivity contribution in [3.63, 3.8) is 0 Å². The summed E-state index contributed by atoms with van der Waals surface area (Å²) in [4.78, 5) is 31.4. The molecule has 0 amide bonds. The normalized spacial score (nSPS) is 10.2. The highest BCUT2D eigenvalue weighted by Crippen LogP contribution is 2.32. The van der Waals surface area contributed by atoms with Gasteiger partial charge in [-0.2, -0.15) is 0 Å². The predicted molar refractivity (Wildman–Crippen MR) is 55.5 cm³/mol. The highest BCUT2D eigenvalue weighted by molar-refractivity contribution is 6.00. The van der Waals surface area contributed by atoms with Crippen molar-refractivity contribution >= 4 is 23.3 Å². The first-order chi connectivity index (χ1) is 7.86. The number of anilines is 1. The standard InChI is InChI=1S/C9H8N2O6/c10-5-3-1-2-4(7(5)11(16)17)6(8(12)13)9(14)15/h1-3,6H,10H2,(H,12,13)(H,14,15). The second kappa shape index (κ2) is 4.47. The fraction of sp³-hybridized carbons (Fsp3) is 0.111. The van der Waals surface area contributed by atoms with Gasteiger partial charge in [-0.3, -0.25) is 19.7 Å². The zero-order valence-corrected chi connectivity index (χ0v) is 8.36. The van der Waals surface area contributed by atoms with E-state index in [-0.39, 0.29) is 5.69 Å². The summed E-state index contributed by atoms with van der Waals surface area (Å²) in [5.74, 6) is -5.39. The molecule has 8 nitrogen and oxygen atoms in total. The molecule has 0 bridgehead atoms. The Kier molecular flexibility index (Phi) is 3.27. The van der Waals surface area contributed by atoms with E-state index in [1.165, 1.54) is 12.1 Å². The summed E-state index contributed by atoms with van der Waals surface area (Å²) >= 11 is 0. The Morgan fingerprint density at radius 3 is 2.24 bits per heavy atom. The number of nitro benzene ring substituents is 1. The molecule has 8 heteroatoms. The van der Waals surface area contributed by atoms with Gasteiger partial charge < -0.3 is 15.9 Å². The lowest BCUT2D eigenvalue weighted by Gasteiger charge is -2.09. The Hall–Kier alpha value is -2.64. The van der Waals surface area contributed by atoms with E-state index in [9.17, 15) is 19.7 Å². The fourth-order valence-electron chi connectivity index (χ4n) is 1.40. The van der Waals surface area contributed by atoms with Crippen LogP contribution < -0.4 is 5.73 Å². The molecule has 0 unspecified atom stereocenters. The monoisotopic (exact) mass is 240 g/mol. The van der Waals surface area contributed by atoms with Gasteiger partial charge in [0, 0.05) is 0 Å². The van der Waals surface area contributed by atoms with Crippen LogP contribution in [0.3, 0.4) is 0 Å². The molecule has 0 aliphatic heterocycles. The van der Waals surface area contributed by atoms with Gasteiger partial charge in [0.1, 0.15) is 5.69 Å². The van der Waals surface area contributed by atoms with Gasteiger partial charge in [-0.1, -0.05) is 12.1 Å². The van der Waals surface area contributed by atoms with Gasteiger partial charge in [-0.25, -0.2) is 0 Å². The molecule has 1 rings (SSSR count). The summed E-state index contributed by atoms with van der Waals surface area (Å²) in [5.41, 5.74) is 3.91. The molecule has 0 fully saturated rings. The maximum atomic E-state index is 10.8. The van der Waals surface area contributed by atoms with Crippen LogP contribution in [-0.2, 0) is 9.59 Å². The van der Waals surface area contributed by atoms with E-state index in [1.807, 2.05) is 0 Å². The van der Waals surface area contributed by atoms with Crippen LogP contribution in [0.2, 0.25) is 0 Å². The van der Waals surface area contributed by atoms with Gasteiger partial charge >= 0.3 is 11.9 Å². The summed E-state index contributed by atoms with van der Waals surface area (Å²) in [5, 5.41) is 28.2. The van der Waals surface area contributed by atoms with Crippen LogP contribution in [0.5, 0.6) is 0 Å². The summed E-state index contributed by atoms with van der Waals surface area (Å²) in [6.07, 6.45) is 0. The first kappa shape index (κ1) is 12.4. The molecule has 1 aromatic carbocycles. The number of hydrogen-bond donors (Lipinski definition) is 3. The Balaban J connectivity index is 3.48. The number of hydrogen-bond acceptors (Lipinski definition) is 5. The van der Waals surface area contributed by atoms with E-state index < -0.39 is 34.0 Å². The second-order valence-corrected chi connectivity index (χ2v) is 3.15. The lowest BCUT2D eigenvalue weighted by atomic mass is 9.97. The topological polar surface area (TPSA) is 144 Å². The number of rotatable bonds is 4. The lowest BCUT2D eigenvalue weighted by molar-refractivity contribution is -0.384. The van der Waals surface area contributed by atoms with Crippen molar-refractivity contribution in [2.45, 2.75) is 5.92 Å². The molecule has 0 aliphatic carbocycles. The van der Waals surface area contributed by atoms with Gasteiger partial charge in [-0.05, 0) is 6.07 Å². The third-order valence-electron chi connectivity index (χ3n) is 2.09. The van der Waals surface area contributed by atoms with E-state index >= 15 is 0 Å². The summed E-state index contributed by atoms with van der Waals surface area (Å²) < 4.78 is 0. The van der Waals surface area contributed by atoms with Crippen molar-refractivity contribution in [1.29, 1.82) is 0 Å². The quantitative estimate of drug-likeness (QED) is 0.299. The minimum atomic E-state index is -2.01. The zero-order chi connectivity index (χ0) is 13.2. The molecule has 0 spiro atoms. The highest BCUT2D eigenvalue weighted by Gasteiger charge is 2.35.